The van der Waals surface area contributed by atoms with Crippen molar-refractivity contribution in [1.82, 2.24) is 0 Å². The van der Waals surface area contributed by atoms with Gasteiger partial charge in [0.2, 0.25) is 5.78 Å². The van der Waals surface area contributed by atoms with Crippen LogP contribution in [-0.2, 0) is 4.84 Å². The molecule has 0 spiro atoms. The van der Waals surface area contributed by atoms with Crippen LogP contribution < -0.4 is 0 Å². The van der Waals surface area contributed by atoms with Gasteiger partial charge in [-0.15, -0.1) is 0 Å². The quantitative estimate of drug-likeness (QED) is 0.110. The van der Waals surface area contributed by atoms with Gasteiger partial charge in [-0.3, -0.25) is 4.79 Å². The fraction of sp³-hybridized carbons (Fsp3) is 0.222. The van der Waals surface area contributed by atoms with Crippen molar-refractivity contribution >= 4 is 29.2 Å². The van der Waals surface area contributed by atoms with Crippen LogP contribution in [0.1, 0.15) is 59.7 Å². The highest BCUT2D eigenvalue weighted by atomic mass is 32.2. The largest absolute Gasteiger partial charge is 0.508 e. The number of ketones is 1. The van der Waals surface area contributed by atoms with E-state index in [1.54, 1.807) is 48.5 Å². The fourth-order valence-electron chi connectivity index (χ4n) is 3.13. The van der Waals surface area contributed by atoms with Crippen LogP contribution in [0.5, 0.6) is 5.75 Å². The highest BCUT2D eigenvalue weighted by Gasteiger charge is 2.17. The Morgan fingerprint density at radius 3 is 2.09 bits per heavy atom. The Kier molecular flexibility index (Phi) is 9.27. The molecule has 0 bridgehead atoms. The van der Waals surface area contributed by atoms with E-state index in [-0.39, 0.29) is 17.2 Å². The molecule has 0 atom stereocenters. The number of carbonyl (C=O) groups excluding carboxylic acids is 2. The van der Waals surface area contributed by atoms with Crippen LogP contribution >= 0.6 is 11.8 Å². The molecule has 0 aromatic heterocycles. The first-order valence-electron chi connectivity index (χ1n) is 11.0. The molecule has 0 unspecified atom stereocenters. The number of benzene rings is 3. The second-order valence-electron chi connectivity index (χ2n) is 7.54. The van der Waals surface area contributed by atoms with Crippen molar-refractivity contribution in [3.05, 3.63) is 90.0 Å². The molecule has 0 saturated heterocycles. The third kappa shape index (κ3) is 7.61. The van der Waals surface area contributed by atoms with Crippen LogP contribution in [-0.4, -0.2) is 22.6 Å². The van der Waals surface area contributed by atoms with Gasteiger partial charge in [0.15, 0.2) is 0 Å². The van der Waals surface area contributed by atoms with Crippen molar-refractivity contribution in [2.75, 3.05) is 0 Å². The average molecular weight is 462 g/mol. The van der Waals surface area contributed by atoms with Crippen molar-refractivity contribution in [3.63, 3.8) is 0 Å². The molecule has 3 aromatic carbocycles. The minimum atomic E-state index is -0.588. The van der Waals surface area contributed by atoms with Gasteiger partial charge in [0.25, 0.3) is 0 Å². The number of carbonyl (C=O) groups is 2. The number of oxime groups is 1. The first kappa shape index (κ1) is 24.3. The Balaban J connectivity index is 1.71. The Labute approximate surface area is 198 Å². The minimum absolute atomic E-state index is 0.221. The molecule has 3 rings (SSSR count). The number of Topliss-reactive ketones (excluding diaryl/α,β-unsaturated/α-hetero) is 1. The summed E-state index contributed by atoms with van der Waals surface area (Å²) in [5.41, 5.74) is 1.12. The van der Waals surface area contributed by atoms with E-state index in [2.05, 4.69) is 12.1 Å². The molecular weight excluding hydrogens is 434 g/mol. The summed E-state index contributed by atoms with van der Waals surface area (Å²) in [5, 5.41) is 13.4. The predicted molar refractivity (Wildman–Crippen MR) is 131 cm³/mol. The first-order chi connectivity index (χ1) is 16.1. The molecule has 0 aliphatic heterocycles. The van der Waals surface area contributed by atoms with Gasteiger partial charge >= 0.3 is 5.97 Å². The van der Waals surface area contributed by atoms with Gasteiger partial charge < -0.3 is 9.94 Å². The van der Waals surface area contributed by atoms with Crippen molar-refractivity contribution in [1.29, 1.82) is 0 Å². The number of rotatable bonds is 11. The molecule has 0 amide bonds. The molecule has 3 aromatic rings. The molecule has 0 radical (unpaired) electrons. The maximum atomic E-state index is 13.1. The fourth-order valence-corrected chi connectivity index (χ4v) is 3.95. The molecule has 0 heterocycles. The summed E-state index contributed by atoms with van der Waals surface area (Å²) in [6.45, 7) is 2.12. The van der Waals surface area contributed by atoms with Gasteiger partial charge in [0, 0.05) is 15.4 Å². The van der Waals surface area contributed by atoms with Crippen LogP contribution in [0.3, 0.4) is 0 Å². The monoisotopic (exact) mass is 461 g/mol. The van der Waals surface area contributed by atoms with E-state index < -0.39 is 5.97 Å². The molecule has 170 valence electrons. The predicted octanol–water partition coefficient (Wildman–Crippen LogP) is 6.91. The first-order valence-corrected chi connectivity index (χ1v) is 11.8. The summed E-state index contributed by atoms with van der Waals surface area (Å²) in [6, 6.07) is 22.8. The van der Waals surface area contributed by atoms with E-state index in [0.717, 1.165) is 35.5 Å². The Morgan fingerprint density at radius 2 is 1.45 bits per heavy atom. The van der Waals surface area contributed by atoms with E-state index in [1.165, 1.54) is 11.8 Å². The van der Waals surface area contributed by atoms with E-state index in [9.17, 15) is 14.7 Å². The number of hydrogen-bond donors (Lipinski definition) is 1. The second kappa shape index (κ2) is 12.6. The van der Waals surface area contributed by atoms with Crippen LogP contribution in [0.4, 0.5) is 0 Å². The summed E-state index contributed by atoms with van der Waals surface area (Å²) in [6.07, 6.45) is 4.40. The lowest BCUT2D eigenvalue weighted by Gasteiger charge is -2.07. The topological polar surface area (TPSA) is 76.0 Å². The van der Waals surface area contributed by atoms with E-state index in [4.69, 9.17) is 4.84 Å². The Hall–Kier alpha value is -3.38. The van der Waals surface area contributed by atoms with Crippen LogP contribution in [0, 0.1) is 0 Å². The van der Waals surface area contributed by atoms with Crippen molar-refractivity contribution in [2.45, 2.75) is 48.8 Å². The number of phenolic OH excluding ortho intramolecular Hbond substituents is 1. The van der Waals surface area contributed by atoms with E-state index in [0.29, 0.717) is 17.5 Å². The molecular formula is C27H27NO4S. The zero-order valence-electron chi connectivity index (χ0n) is 18.6. The molecule has 0 aliphatic carbocycles. The van der Waals surface area contributed by atoms with Crippen LogP contribution in [0.15, 0.2) is 93.8 Å². The minimum Gasteiger partial charge on any atom is -0.508 e. The van der Waals surface area contributed by atoms with Gasteiger partial charge in [0.05, 0.1) is 5.56 Å². The molecule has 33 heavy (non-hydrogen) atoms. The third-order valence-electron chi connectivity index (χ3n) is 4.97. The summed E-state index contributed by atoms with van der Waals surface area (Å²) in [5.74, 6) is -0.609. The normalized spacial score (nSPS) is 11.2. The van der Waals surface area contributed by atoms with Crippen LogP contribution in [0.2, 0.25) is 0 Å². The van der Waals surface area contributed by atoms with Gasteiger partial charge in [-0.05, 0) is 73.5 Å². The maximum Gasteiger partial charge on any atom is 0.365 e. The van der Waals surface area contributed by atoms with Crippen molar-refractivity contribution < 1.29 is 19.5 Å². The highest BCUT2D eigenvalue weighted by molar-refractivity contribution is 7.99. The highest BCUT2D eigenvalue weighted by Crippen LogP contribution is 2.29. The zero-order valence-corrected chi connectivity index (χ0v) is 19.4. The molecule has 0 aliphatic rings. The Morgan fingerprint density at radius 1 is 0.818 bits per heavy atom. The average Bonchev–Trinajstić information content (AvgIpc) is 2.85. The van der Waals surface area contributed by atoms with Gasteiger partial charge in [-0.2, -0.15) is 0 Å². The smallest absolute Gasteiger partial charge is 0.365 e. The standard InChI is InChI=1S/C27H27NO4S/c1-2-3-4-8-11-25(28-32-27(31)21-9-6-5-7-10-21)26(30)20-12-16-23(17-13-20)33-24-18-14-22(29)15-19-24/h5-7,9-10,12-19,29H,2-4,8,11H2,1H3/b28-25-. The summed E-state index contributed by atoms with van der Waals surface area (Å²) in [4.78, 5) is 32.4. The van der Waals surface area contributed by atoms with E-state index in [1.807, 2.05) is 30.3 Å². The lowest BCUT2D eigenvalue weighted by molar-refractivity contribution is 0.0514. The number of nitrogens with zero attached hydrogens (tertiary/aromatic N) is 1. The van der Waals surface area contributed by atoms with Crippen molar-refractivity contribution in [2.24, 2.45) is 5.16 Å². The SMILES string of the molecule is CCCCCC/C(=N/OC(=O)c1ccccc1)C(=O)c1ccc(Sc2ccc(O)cc2)cc1. The lowest BCUT2D eigenvalue weighted by atomic mass is 10.0. The zero-order chi connectivity index (χ0) is 23.5. The van der Waals surface area contributed by atoms with Crippen LogP contribution in [0.25, 0.3) is 0 Å². The number of aromatic hydroxyl groups is 1. The summed E-state index contributed by atoms with van der Waals surface area (Å²) < 4.78 is 0. The Bertz CT molecular complexity index is 1080. The lowest BCUT2D eigenvalue weighted by Crippen LogP contribution is -2.16. The molecule has 6 heteroatoms. The molecule has 0 fully saturated rings. The molecule has 1 N–H and O–H groups in total. The van der Waals surface area contributed by atoms with Crippen molar-refractivity contribution in [3.8, 4) is 5.75 Å². The van der Waals surface area contributed by atoms with Gasteiger partial charge in [0.1, 0.15) is 11.5 Å². The van der Waals surface area contributed by atoms with Gasteiger partial charge in [-0.25, -0.2) is 4.79 Å². The number of unbranched alkanes of at least 4 members (excludes halogenated alkanes) is 3. The van der Waals surface area contributed by atoms with Gasteiger partial charge in [-0.1, -0.05) is 61.3 Å². The maximum absolute atomic E-state index is 13.1. The second-order valence-corrected chi connectivity index (χ2v) is 8.69. The number of phenols is 1. The molecule has 0 saturated carbocycles. The van der Waals surface area contributed by atoms with E-state index >= 15 is 0 Å². The summed E-state index contributed by atoms with van der Waals surface area (Å²) in [7, 11) is 0. The number of hydrogen-bond acceptors (Lipinski definition) is 6. The third-order valence-corrected chi connectivity index (χ3v) is 5.98. The summed E-state index contributed by atoms with van der Waals surface area (Å²) >= 11 is 1.53. The molecule has 5 nitrogen and oxygen atoms in total.